The van der Waals surface area contributed by atoms with E-state index in [-0.39, 0.29) is 11.2 Å². The minimum Gasteiger partial charge on any atom is -0.360 e. The van der Waals surface area contributed by atoms with E-state index in [1.807, 2.05) is 0 Å². The average Bonchev–Trinajstić information content (AvgIpc) is 2.73. The van der Waals surface area contributed by atoms with Gasteiger partial charge in [0.1, 0.15) is 0 Å². The molecule has 0 aliphatic heterocycles. The fourth-order valence-corrected chi connectivity index (χ4v) is 3.11. The van der Waals surface area contributed by atoms with Crippen LogP contribution in [0.4, 0.5) is 0 Å². The summed E-state index contributed by atoms with van der Waals surface area (Å²) in [6, 6.07) is 8.25. The van der Waals surface area contributed by atoms with E-state index in [2.05, 4.69) is 65.9 Å². The van der Waals surface area contributed by atoms with Gasteiger partial charge in [0, 0.05) is 16.4 Å². The van der Waals surface area contributed by atoms with Crippen LogP contribution in [-0.4, -0.2) is 10.9 Å². The second-order valence-corrected chi connectivity index (χ2v) is 7.42. The second-order valence-electron chi connectivity index (χ2n) is 6.17. The molecule has 1 aromatic carbocycles. The van der Waals surface area contributed by atoms with Gasteiger partial charge in [0.05, 0.1) is 11.3 Å². The molecule has 1 aromatic heterocycles. The lowest BCUT2D eigenvalue weighted by molar-refractivity contribution is 0.0911. The lowest BCUT2D eigenvalue weighted by Gasteiger charge is -2.26. The summed E-state index contributed by atoms with van der Waals surface area (Å²) in [5.74, 6) is 0.875. The molecule has 1 aliphatic rings. The van der Waals surface area contributed by atoms with Crippen LogP contribution in [0.3, 0.4) is 0 Å². The summed E-state index contributed by atoms with van der Waals surface area (Å²) in [4.78, 5) is 12.3. The van der Waals surface area contributed by atoms with Crippen molar-refractivity contribution in [3.8, 4) is 0 Å². The highest BCUT2D eigenvalue weighted by atomic mass is 127. The maximum Gasteiger partial charge on any atom is 0.168 e. The van der Waals surface area contributed by atoms with Crippen LogP contribution in [0.5, 0.6) is 0 Å². The molecule has 0 saturated heterocycles. The van der Waals surface area contributed by atoms with Gasteiger partial charge in [-0.1, -0.05) is 31.1 Å². The minimum atomic E-state index is -0.0128. The zero-order chi connectivity index (χ0) is 14.3. The van der Waals surface area contributed by atoms with Crippen molar-refractivity contribution in [1.29, 1.82) is 0 Å². The van der Waals surface area contributed by atoms with Gasteiger partial charge in [0.15, 0.2) is 11.5 Å². The Morgan fingerprint density at radius 2 is 1.95 bits per heavy atom. The third-order valence-corrected chi connectivity index (χ3v) is 4.39. The first-order valence-corrected chi connectivity index (χ1v) is 7.77. The molecule has 3 nitrogen and oxygen atoms in total. The molecule has 0 bridgehead atoms. The zero-order valence-electron chi connectivity index (χ0n) is 11.6. The number of Topliss-reactive ketones (excluding diaryl/α,β-unsaturated/α-hetero) is 1. The Kier molecular flexibility index (Phi) is 3.44. The number of ketones is 1. The van der Waals surface area contributed by atoms with Crippen molar-refractivity contribution in [1.82, 2.24) is 5.16 Å². The normalized spacial score (nSPS) is 17.1. The van der Waals surface area contributed by atoms with E-state index in [0.29, 0.717) is 18.6 Å². The summed E-state index contributed by atoms with van der Waals surface area (Å²) in [6.45, 7) is 4.20. The van der Waals surface area contributed by atoms with Crippen LogP contribution in [0.25, 0.3) is 0 Å². The number of benzene rings is 1. The molecule has 0 atom stereocenters. The van der Waals surface area contributed by atoms with Crippen LogP contribution < -0.4 is 0 Å². The third-order valence-electron chi connectivity index (χ3n) is 3.68. The molecule has 2 aromatic rings. The van der Waals surface area contributed by atoms with Gasteiger partial charge < -0.3 is 4.52 Å². The van der Waals surface area contributed by atoms with Crippen LogP contribution in [-0.2, 0) is 12.8 Å². The summed E-state index contributed by atoms with van der Waals surface area (Å²) < 4.78 is 6.64. The van der Waals surface area contributed by atoms with Gasteiger partial charge in [-0.25, -0.2) is 0 Å². The Balaban J connectivity index is 1.92. The summed E-state index contributed by atoms with van der Waals surface area (Å²) in [5.41, 5.74) is 2.68. The number of rotatable bonds is 2. The molecule has 0 unspecified atom stereocenters. The fourth-order valence-electron chi connectivity index (χ4n) is 2.75. The number of halogens is 1. The Bertz CT molecular complexity index is 656. The standard InChI is InChI=1S/C16H16INO2/c1-16(2)8-12-15(13(19)9-16)14(20-18-12)7-10-3-5-11(17)6-4-10/h3-6H,7-9H2,1-2H3. The minimum absolute atomic E-state index is 0.0128. The van der Waals surface area contributed by atoms with E-state index in [0.717, 1.165) is 23.2 Å². The fraction of sp³-hybridized carbons (Fsp3) is 0.375. The van der Waals surface area contributed by atoms with Crippen LogP contribution >= 0.6 is 22.6 Å². The predicted octanol–water partition coefficient (Wildman–Crippen LogP) is 4.03. The molecule has 104 valence electrons. The van der Waals surface area contributed by atoms with Gasteiger partial charge in [0.2, 0.25) is 0 Å². The number of carbonyl (C=O) groups excluding carboxylic acids is 1. The number of aromatic nitrogens is 1. The average molecular weight is 381 g/mol. The number of nitrogens with zero attached hydrogens (tertiary/aromatic N) is 1. The van der Waals surface area contributed by atoms with Crippen molar-refractivity contribution in [3.63, 3.8) is 0 Å². The van der Waals surface area contributed by atoms with E-state index >= 15 is 0 Å². The van der Waals surface area contributed by atoms with Gasteiger partial charge >= 0.3 is 0 Å². The van der Waals surface area contributed by atoms with Crippen molar-refractivity contribution in [2.45, 2.75) is 33.1 Å². The van der Waals surface area contributed by atoms with E-state index in [1.54, 1.807) is 0 Å². The first kappa shape index (κ1) is 13.8. The van der Waals surface area contributed by atoms with Crippen molar-refractivity contribution in [2.24, 2.45) is 5.41 Å². The van der Waals surface area contributed by atoms with Crippen molar-refractivity contribution >= 4 is 28.4 Å². The first-order chi connectivity index (χ1) is 9.44. The Labute approximate surface area is 131 Å². The highest BCUT2D eigenvalue weighted by Gasteiger charge is 2.35. The lowest BCUT2D eigenvalue weighted by atomic mass is 9.75. The highest BCUT2D eigenvalue weighted by molar-refractivity contribution is 14.1. The summed E-state index contributed by atoms with van der Waals surface area (Å²) in [5, 5.41) is 4.12. The molecular formula is C16H16INO2. The number of hydrogen-bond acceptors (Lipinski definition) is 3. The number of hydrogen-bond donors (Lipinski definition) is 0. The Hall–Kier alpha value is -1.17. The highest BCUT2D eigenvalue weighted by Crippen LogP contribution is 2.36. The molecule has 1 heterocycles. The molecule has 1 aliphatic carbocycles. The largest absolute Gasteiger partial charge is 0.360 e. The van der Waals surface area contributed by atoms with Gasteiger partial charge in [-0.2, -0.15) is 0 Å². The summed E-state index contributed by atoms with van der Waals surface area (Å²) in [7, 11) is 0. The van der Waals surface area contributed by atoms with Crippen molar-refractivity contribution in [3.05, 3.63) is 50.4 Å². The van der Waals surface area contributed by atoms with E-state index < -0.39 is 0 Å². The van der Waals surface area contributed by atoms with Crippen LogP contribution in [0, 0.1) is 8.99 Å². The Morgan fingerprint density at radius 3 is 2.65 bits per heavy atom. The predicted molar refractivity (Wildman–Crippen MR) is 84.9 cm³/mol. The molecule has 0 spiro atoms. The van der Waals surface area contributed by atoms with Crippen LogP contribution in [0.1, 0.15) is 47.6 Å². The quantitative estimate of drug-likeness (QED) is 0.738. The van der Waals surface area contributed by atoms with Crippen molar-refractivity contribution in [2.75, 3.05) is 0 Å². The van der Waals surface area contributed by atoms with E-state index in [1.165, 1.54) is 3.57 Å². The maximum atomic E-state index is 12.3. The lowest BCUT2D eigenvalue weighted by Crippen LogP contribution is -2.27. The molecule has 0 saturated carbocycles. The topological polar surface area (TPSA) is 43.1 Å². The number of fused-ring (bicyclic) bond motifs is 1. The third kappa shape index (κ3) is 2.66. The maximum absolute atomic E-state index is 12.3. The van der Waals surface area contributed by atoms with Crippen LogP contribution in [0.2, 0.25) is 0 Å². The van der Waals surface area contributed by atoms with E-state index in [4.69, 9.17) is 4.52 Å². The van der Waals surface area contributed by atoms with Crippen LogP contribution in [0.15, 0.2) is 28.8 Å². The molecule has 3 rings (SSSR count). The smallest absolute Gasteiger partial charge is 0.168 e. The summed E-state index contributed by atoms with van der Waals surface area (Å²) >= 11 is 2.28. The molecule has 4 heteroatoms. The summed E-state index contributed by atoms with van der Waals surface area (Å²) in [6.07, 6.45) is 2.01. The van der Waals surface area contributed by atoms with Gasteiger partial charge in [-0.05, 0) is 52.1 Å². The second kappa shape index (κ2) is 4.98. The van der Waals surface area contributed by atoms with Gasteiger partial charge in [-0.15, -0.1) is 0 Å². The monoisotopic (exact) mass is 381 g/mol. The van der Waals surface area contributed by atoms with Gasteiger partial charge in [0.25, 0.3) is 0 Å². The molecular weight excluding hydrogens is 365 g/mol. The Morgan fingerprint density at radius 1 is 1.25 bits per heavy atom. The van der Waals surface area contributed by atoms with E-state index in [9.17, 15) is 4.79 Å². The molecule has 0 fully saturated rings. The molecule has 0 radical (unpaired) electrons. The van der Waals surface area contributed by atoms with Gasteiger partial charge in [-0.3, -0.25) is 4.79 Å². The first-order valence-electron chi connectivity index (χ1n) is 6.70. The number of carbonyl (C=O) groups is 1. The molecule has 0 amide bonds. The molecule has 20 heavy (non-hydrogen) atoms. The zero-order valence-corrected chi connectivity index (χ0v) is 13.7. The SMILES string of the molecule is CC1(C)CC(=O)c2c(noc2Cc2ccc(I)cc2)C1. The van der Waals surface area contributed by atoms with Crippen molar-refractivity contribution < 1.29 is 9.32 Å². The molecule has 0 N–H and O–H groups in total.